The fourth-order valence-corrected chi connectivity index (χ4v) is 2.30. The molecule has 1 heterocycles. The first-order valence-electron chi connectivity index (χ1n) is 6.80. The van der Waals surface area contributed by atoms with Crippen LogP contribution < -0.4 is 5.32 Å². The van der Waals surface area contributed by atoms with E-state index in [1.807, 2.05) is 42.7 Å². The molecule has 0 aliphatic carbocycles. The normalized spacial score (nSPS) is 13.4. The molecule has 0 aliphatic rings. The highest BCUT2D eigenvalue weighted by molar-refractivity contribution is 7.99. The van der Waals surface area contributed by atoms with Gasteiger partial charge in [-0.05, 0) is 19.2 Å². The second-order valence-electron chi connectivity index (χ2n) is 4.86. The van der Waals surface area contributed by atoms with Crippen LogP contribution in [0.25, 0.3) is 0 Å². The minimum atomic E-state index is 0.529. The molecule has 20 heavy (non-hydrogen) atoms. The lowest BCUT2D eigenvalue weighted by Crippen LogP contribution is -2.39. The molecule has 114 valence electrons. The number of hydrogen-bond acceptors (Lipinski definition) is 2. The van der Waals surface area contributed by atoms with Crippen molar-refractivity contribution in [3.05, 3.63) is 23.0 Å². The Morgan fingerprint density at radius 3 is 2.80 bits per heavy atom. The van der Waals surface area contributed by atoms with Crippen molar-refractivity contribution in [2.45, 2.75) is 25.6 Å². The molecule has 1 unspecified atom stereocenters. The molecule has 1 atom stereocenters. The SMILES string of the molecule is CCNC(=NCC(C)SC)N(C)Cc1cc(Cl)cn1C. The third kappa shape index (κ3) is 5.29. The lowest BCUT2D eigenvalue weighted by atomic mass is 10.4. The molecule has 1 N–H and O–H groups in total. The molecule has 6 heteroatoms. The summed E-state index contributed by atoms with van der Waals surface area (Å²) in [7, 11) is 4.06. The summed E-state index contributed by atoms with van der Waals surface area (Å²) in [5, 5.41) is 4.63. The van der Waals surface area contributed by atoms with Crippen molar-refractivity contribution in [3.63, 3.8) is 0 Å². The van der Waals surface area contributed by atoms with Gasteiger partial charge in [0.25, 0.3) is 0 Å². The fraction of sp³-hybridized carbons (Fsp3) is 0.643. The Hall–Kier alpha value is -0.810. The van der Waals surface area contributed by atoms with Crippen LogP contribution in [0.15, 0.2) is 17.3 Å². The van der Waals surface area contributed by atoms with Crippen molar-refractivity contribution in [2.24, 2.45) is 12.0 Å². The summed E-state index contributed by atoms with van der Waals surface area (Å²) in [4.78, 5) is 6.81. The van der Waals surface area contributed by atoms with Crippen molar-refractivity contribution in [1.82, 2.24) is 14.8 Å². The average molecular weight is 317 g/mol. The van der Waals surface area contributed by atoms with Gasteiger partial charge in [-0.15, -0.1) is 0 Å². The van der Waals surface area contributed by atoms with Crippen LogP contribution in [0.5, 0.6) is 0 Å². The van der Waals surface area contributed by atoms with E-state index in [2.05, 4.69) is 35.3 Å². The second-order valence-corrected chi connectivity index (χ2v) is 6.57. The molecule has 0 amide bonds. The summed E-state index contributed by atoms with van der Waals surface area (Å²) < 4.78 is 2.05. The Morgan fingerprint density at radius 2 is 2.30 bits per heavy atom. The summed E-state index contributed by atoms with van der Waals surface area (Å²) in [5.74, 6) is 0.936. The lowest BCUT2D eigenvalue weighted by Gasteiger charge is -2.22. The van der Waals surface area contributed by atoms with Crippen LogP contribution in [-0.2, 0) is 13.6 Å². The van der Waals surface area contributed by atoms with E-state index in [9.17, 15) is 0 Å². The average Bonchev–Trinajstić information content (AvgIpc) is 2.72. The highest BCUT2D eigenvalue weighted by Gasteiger charge is 2.10. The maximum atomic E-state index is 6.02. The van der Waals surface area contributed by atoms with Gasteiger partial charge in [0.05, 0.1) is 18.1 Å². The van der Waals surface area contributed by atoms with Crippen LogP contribution in [0.3, 0.4) is 0 Å². The predicted octanol–water partition coefficient (Wildman–Crippen LogP) is 2.83. The first kappa shape index (κ1) is 17.2. The Bertz CT molecular complexity index is 444. The molecule has 0 saturated heterocycles. The maximum absolute atomic E-state index is 6.02. The van der Waals surface area contributed by atoms with Crippen LogP contribution >= 0.6 is 23.4 Å². The van der Waals surface area contributed by atoms with Crippen molar-refractivity contribution in [3.8, 4) is 0 Å². The molecule has 0 spiro atoms. The van der Waals surface area contributed by atoms with E-state index in [4.69, 9.17) is 11.6 Å². The standard InChI is InChI=1S/C14H25ClN4S/c1-6-16-14(17-8-11(2)20-5)19(4)10-13-7-12(15)9-18(13)3/h7,9,11H,6,8,10H2,1-5H3,(H,16,17). The van der Waals surface area contributed by atoms with Gasteiger partial charge < -0.3 is 14.8 Å². The zero-order valence-electron chi connectivity index (χ0n) is 13.0. The molecular weight excluding hydrogens is 292 g/mol. The number of nitrogens with one attached hydrogen (secondary N) is 1. The van der Waals surface area contributed by atoms with Gasteiger partial charge in [-0.2, -0.15) is 11.8 Å². The Kier molecular flexibility index (Phi) is 7.30. The van der Waals surface area contributed by atoms with Crippen LogP contribution in [0.4, 0.5) is 0 Å². The summed E-state index contributed by atoms with van der Waals surface area (Å²) in [5.41, 5.74) is 1.17. The number of hydrogen-bond donors (Lipinski definition) is 1. The number of guanidine groups is 1. The number of rotatable bonds is 6. The first-order chi connectivity index (χ1) is 9.47. The van der Waals surface area contributed by atoms with Gasteiger partial charge in [0.15, 0.2) is 5.96 Å². The van der Waals surface area contributed by atoms with E-state index in [1.165, 1.54) is 5.69 Å². The van der Waals surface area contributed by atoms with E-state index in [0.717, 1.165) is 30.6 Å². The molecule has 0 radical (unpaired) electrons. The number of aliphatic imine (C=N–C) groups is 1. The minimum absolute atomic E-state index is 0.529. The van der Waals surface area contributed by atoms with E-state index < -0.39 is 0 Å². The predicted molar refractivity (Wildman–Crippen MR) is 90.8 cm³/mol. The summed E-state index contributed by atoms with van der Waals surface area (Å²) in [6.45, 7) is 6.74. The monoisotopic (exact) mass is 316 g/mol. The van der Waals surface area contributed by atoms with Gasteiger partial charge in [-0.3, -0.25) is 4.99 Å². The topological polar surface area (TPSA) is 32.6 Å². The first-order valence-corrected chi connectivity index (χ1v) is 8.47. The van der Waals surface area contributed by atoms with Gasteiger partial charge in [-0.1, -0.05) is 18.5 Å². The molecule has 0 saturated carbocycles. The number of thioether (sulfide) groups is 1. The smallest absolute Gasteiger partial charge is 0.194 e. The fourth-order valence-electron chi connectivity index (χ4n) is 1.80. The molecule has 0 aromatic carbocycles. The Morgan fingerprint density at radius 1 is 1.60 bits per heavy atom. The molecule has 0 fully saturated rings. The quantitative estimate of drug-likeness (QED) is 0.647. The van der Waals surface area contributed by atoms with Crippen LogP contribution in [0.1, 0.15) is 19.5 Å². The van der Waals surface area contributed by atoms with Gasteiger partial charge in [0.2, 0.25) is 0 Å². The van der Waals surface area contributed by atoms with Crippen molar-refractivity contribution < 1.29 is 0 Å². The van der Waals surface area contributed by atoms with E-state index in [-0.39, 0.29) is 0 Å². The van der Waals surface area contributed by atoms with Gasteiger partial charge >= 0.3 is 0 Å². The lowest BCUT2D eigenvalue weighted by molar-refractivity contribution is 0.462. The number of aromatic nitrogens is 1. The van der Waals surface area contributed by atoms with Crippen molar-refractivity contribution in [1.29, 1.82) is 0 Å². The number of halogens is 1. The largest absolute Gasteiger partial charge is 0.357 e. The Balaban J connectivity index is 2.73. The summed E-state index contributed by atoms with van der Waals surface area (Å²) in [6.07, 6.45) is 4.04. The number of aryl methyl sites for hydroxylation is 1. The van der Waals surface area contributed by atoms with Crippen LogP contribution in [0, 0.1) is 0 Å². The van der Waals surface area contributed by atoms with Crippen molar-refractivity contribution in [2.75, 3.05) is 26.4 Å². The van der Waals surface area contributed by atoms with E-state index >= 15 is 0 Å². The van der Waals surface area contributed by atoms with E-state index in [0.29, 0.717) is 5.25 Å². The Labute approximate surface area is 131 Å². The number of nitrogens with zero attached hydrogens (tertiary/aromatic N) is 3. The molecule has 0 bridgehead atoms. The molecular formula is C14H25ClN4S. The molecule has 4 nitrogen and oxygen atoms in total. The van der Waals surface area contributed by atoms with Crippen LogP contribution in [-0.4, -0.2) is 47.1 Å². The highest BCUT2D eigenvalue weighted by Crippen LogP contribution is 2.14. The maximum Gasteiger partial charge on any atom is 0.194 e. The van der Waals surface area contributed by atoms with Gasteiger partial charge in [-0.25, -0.2) is 0 Å². The summed E-state index contributed by atoms with van der Waals surface area (Å²) >= 11 is 7.85. The van der Waals surface area contributed by atoms with Crippen LogP contribution in [0.2, 0.25) is 5.02 Å². The van der Waals surface area contributed by atoms with E-state index in [1.54, 1.807) is 0 Å². The zero-order chi connectivity index (χ0) is 15.1. The molecule has 1 aromatic heterocycles. The zero-order valence-corrected chi connectivity index (χ0v) is 14.6. The third-order valence-corrected chi connectivity index (χ3v) is 4.23. The van der Waals surface area contributed by atoms with Crippen molar-refractivity contribution >= 4 is 29.3 Å². The van der Waals surface area contributed by atoms with Gasteiger partial charge in [0.1, 0.15) is 0 Å². The minimum Gasteiger partial charge on any atom is -0.357 e. The third-order valence-electron chi connectivity index (χ3n) is 3.07. The highest BCUT2D eigenvalue weighted by atomic mass is 35.5. The second kappa shape index (κ2) is 8.47. The molecule has 0 aliphatic heterocycles. The molecule has 1 rings (SSSR count). The summed E-state index contributed by atoms with van der Waals surface area (Å²) in [6, 6.07) is 1.99. The van der Waals surface area contributed by atoms with Gasteiger partial charge in [0, 0.05) is 37.8 Å². The molecule has 1 aromatic rings.